The number of rotatable bonds is 9. The van der Waals surface area contributed by atoms with Gasteiger partial charge in [-0.15, -0.1) is 0 Å². The maximum absolute atomic E-state index is 12.8. The second kappa shape index (κ2) is 9.48. The topological polar surface area (TPSA) is 86.3 Å². The van der Waals surface area contributed by atoms with Gasteiger partial charge in [-0.3, -0.25) is 10.1 Å². The predicted molar refractivity (Wildman–Crippen MR) is 125 cm³/mol. The highest BCUT2D eigenvalue weighted by atomic mass is 16.5. The van der Waals surface area contributed by atoms with Gasteiger partial charge >= 0.3 is 0 Å². The molecule has 0 aliphatic carbocycles. The van der Waals surface area contributed by atoms with Crippen molar-refractivity contribution in [1.82, 2.24) is 24.1 Å². The van der Waals surface area contributed by atoms with Gasteiger partial charge in [-0.1, -0.05) is 12.1 Å². The molecular weight excluding hydrogens is 404 g/mol. The molecular formula is C24H30N6O2. The van der Waals surface area contributed by atoms with Crippen LogP contribution in [-0.4, -0.2) is 43.3 Å². The number of aryl methyl sites for hydroxylation is 4. The number of anilines is 1. The average Bonchev–Trinajstić information content (AvgIpc) is 3.30. The minimum Gasteiger partial charge on any atom is -0.382 e. The molecule has 0 aliphatic heterocycles. The highest BCUT2D eigenvalue weighted by Crippen LogP contribution is 2.21. The Morgan fingerprint density at radius 2 is 1.97 bits per heavy atom. The van der Waals surface area contributed by atoms with E-state index in [1.165, 1.54) is 0 Å². The molecule has 3 aromatic heterocycles. The number of nitrogens with one attached hydrogen (secondary N) is 1. The van der Waals surface area contributed by atoms with E-state index in [-0.39, 0.29) is 5.91 Å². The Morgan fingerprint density at radius 3 is 2.78 bits per heavy atom. The van der Waals surface area contributed by atoms with Crippen molar-refractivity contribution < 1.29 is 9.53 Å². The number of amides is 1. The molecule has 4 rings (SSSR count). The third-order valence-corrected chi connectivity index (χ3v) is 5.67. The van der Waals surface area contributed by atoms with Crippen LogP contribution in [0, 0.1) is 20.8 Å². The van der Waals surface area contributed by atoms with Crippen molar-refractivity contribution >= 4 is 28.5 Å². The van der Waals surface area contributed by atoms with Gasteiger partial charge in [0.15, 0.2) is 5.65 Å². The fraction of sp³-hybridized carbons (Fsp3) is 0.417. The number of hydrogen-bond acceptors (Lipinski definition) is 5. The fourth-order valence-electron chi connectivity index (χ4n) is 4.10. The van der Waals surface area contributed by atoms with Crippen LogP contribution < -0.4 is 5.32 Å². The Kier molecular flexibility index (Phi) is 6.50. The summed E-state index contributed by atoms with van der Waals surface area (Å²) in [6.07, 6.45) is 1.79. The smallest absolute Gasteiger partial charge is 0.227 e. The lowest BCUT2D eigenvalue weighted by atomic mass is 10.1. The summed E-state index contributed by atoms with van der Waals surface area (Å²) in [6, 6.07) is 9.89. The van der Waals surface area contributed by atoms with Crippen LogP contribution in [0.1, 0.15) is 42.4 Å². The monoisotopic (exact) mass is 434 g/mol. The van der Waals surface area contributed by atoms with Crippen LogP contribution >= 0.6 is 0 Å². The Morgan fingerprint density at radius 1 is 1.16 bits per heavy atom. The van der Waals surface area contributed by atoms with Gasteiger partial charge in [0, 0.05) is 43.6 Å². The van der Waals surface area contributed by atoms with E-state index < -0.39 is 0 Å². The Balaban J connectivity index is 1.49. The molecule has 0 bridgehead atoms. The molecule has 8 heteroatoms. The first-order valence-corrected chi connectivity index (χ1v) is 11.1. The second-order valence-electron chi connectivity index (χ2n) is 7.99. The zero-order valence-corrected chi connectivity index (χ0v) is 19.2. The van der Waals surface area contributed by atoms with Crippen molar-refractivity contribution in [2.45, 2.75) is 53.5 Å². The SMILES string of the molecule is CCOCCCn1c(NC(=O)CCc2c(C)nc3cc(C)nn3c2C)nc2ccccc21. The molecule has 0 aliphatic rings. The van der Waals surface area contributed by atoms with E-state index in [2.05, 4.69) is 25.0 Å². The van der Waals surface area contributed by atoms with Crippen molar-refractivity contribution in [1.29, 1.82) is 0 Å². The lowest BCUT2D eigenvalue weighted by molar-refractivity contribution is -0.116. The van der Waals surface area contributed by atoms with Crippen LogP contribution in [-0.2, 0) is 22.5 Å². The largest absolute Gasteiger partial charge is 0.382 e. The van der Waals surface area contributed by atoms with Crippen molar-refractivity contribution in [2.24, 2.45) is 0 Å². The van der Waals surface area contributed by atoms with Crippen LogP contribution in [0.4, 0.5) is 5.95 Å². The number of aromatic nitrogens is 5. The number of para-hydroxylation sites is 2. The summed E-state index contributed by atoms with van der Waals surface area (Å²) in [5, 5.41) is 7.54. The number of imidazole rings is 1. The van der Waals surface area contributed by atoms with Gasteiger partial charge in [0.1, 0.15) is 0 Å². The molecule has 8 nitrogen and oxygen atoms in total. The maximum Gasteiger partial charge on any atom is 0.227 e. The molecule has 1 aromatic carbocycles. The van der Waals surface area contributed by atoms with E-state index in [0.29, 0.717) is 32.0 Å². The molecule has 0 saturated carbocycles. The summed E-state index contributed by atoms with van der Waals surface area (Å²) < 4.78 is 9.39. The number of benzene rings is 1. The first kappa shape index (κ1) is 22.0. The van der Waals surface area contributed by atoms with E-state index in [1.807, 2.05) is 62.5 Å². The number of ether oxygens (including phenoxy) is 1. The third-order valence-electron chi connectivity index (χ3n) is 5.67. The van der Waals surface area contributed by atoms with Gasteiger partial charge < -0.3 is 9.30 Å². The lowest BCUT2D eigenvalue weighted by Crippen LogP contribution is -2.18. The summed E-state index contributed by atoms with van der Waals surface area (Å²) in [7, 11) is 0. The molecule has 0 atom stereocenters. The Bertz CT molecular complexity index is 1260. The summed E-state index contributed by atoms with van der Waals surface area (Å²) >= 11 is 0. The highest BCUT2D eigenvalue weighted by molar-refractivity contribution is 5.91. The highest BCUT2D eigenvalue weighted by Gasteiger charge is 2.16. The fourth-order valence-corrected chi connectivity index (χ4v) is 4.10. The third kappa shape index (κ3) is 4.50. The van der Waals surface area contributed by atoms with Crippen molar-refractivity contribution in [3.8, 4) is 0 Å². The minimum atomic E-state index is -0.0677. The molecule has 3 heterocycles. The molecule has 0 spiro atoms. The first-order chi connectivity index (χ1) is 15.5. The molecule has 1 amide bonds. The van der Waals surface area contributed by atoms with E-state index in [4.69, 9.17) is 4.74 Å². The van der Waals surface area contributed by atoms with E-state index >= 15 is 0 Å². The van der Waals surface area contributed by atoms with Crippen LogP contribution in [0.3, 0.4) is 0 Å². The molecule has 0 fully saturated rings. The van der Waals surface area contributed by atoms with Crippen LogP contribution in [0.25, 0.3) is 16.7 Å². The van der Waals surface area contributed by atoms with E-state index in [9.17, 15) is 4.79 Å². The molecule has 32 heavy (non-hydrogen) atoms. The summed E-state index contributed by atoms with van der Waals surface area (Å²) in [4.78, 5) is 22.1. The van der Waals surface area contributed by atoms with Crippen molar-refractivity contribution in [3.05, 3.63) is 53.0 Å². The van der Waals surface area contributed by atoms with Gasteiger partial charge in [-0.05, 0) is 58.2 Å². The zero-order valence-electron chi connectivity index (χ0n) is 19.2. The standard InChI is InChI=1S/C24H30N6O2/c1-5-32-14-8-13-29-21-10-7-6-9-20(21)26-24(29)27-23(31)12-11-19-17(3)25-22-15-16(2)28-30(22)18(19)4/h6-7,9-10,15H,5,8,11-14H2,1-4H3,(H,26,27,31). The first-order valence-electron chi connectivity index (χ1n) is 11.1. The summed E-state index contributed by atoms with van der Waals surface area (Å²) in [5.74, 6) is 0.513. The van der Waals surface area contributed by atoms with Gasteiger partial charge in [-0.25, -0.2) is 14.5 Å². The normalized spacial score (nSPS) is 11.5. The number of nitrogens with zero attached hydrogens (tertiary/aromatic N) is 5. The van der Waals surface area contributed by atoms with Crippen molar-refractivity contribution in [3.63, 3.8) is 0 Å². The Hall–Kier alpha value is -3.26. The molecule has 4 aromatic rings. The van der Waals surface area contributed by atoms with Crippen molar-refractivity contribution in [2.75, 3.05) is 18.5 Å². The molecule has 0 radical (unpaired) electrons. The minimum absolute atomic E-state index is 0.0677. The molecule has 0 unspecified atom stereocenters. The predicted octanol–water partition coefficient (Wildman–Crippen LogP) is 4.00. The quantitative estimate of drug-likeness (QED) is 0.402. The van der Waals surface area contributed by atoms with Gasteiger partial charge in [0.2, 0.25) is 11.9 Å². The summed E-state index contributed by atoms with van der Waals surface area (Å²) in [6.45, 7) is 10.1. The average molecular weight is 435 g/mol. The number of fused-ring (bicyclic) bond motifs is 2. The van der Waals surface area contributed by atoms with Gasteiger partial charge in [-0.2, -0.15) is 5.10 Å². The van der Waals surface area contributed by atoms with E-state index in [1.54, 1.807) is 0 Å². The van der Waals surface area contributed by atoms with Crippen LogP contribution in [0.5, 0.6) is 0 Å². The Labute approximate surface area is 187 Å². The number of hydrogen-bond donors (Lipinski definition) is 1. The second-order valence-corrected chi connectivity index (χ2v) is 7.99. The maximum atomic E-state index is 12.8. The number of carbonyl (C=O) groups excluding carboxylic acids is 1. The zero-order chi connectivity index (χ0) is 22.7. The summed E-state index contributed by atoms with van der Waals surface area (Å²) in [5.41, 5.74) is 6.66. The van der Waals surface area contributed by atoms with Gasteiger partial charge in [0.25, 0.3) is 0 Å². The van der Waals surface area contributed by atoms with Crippen LogP contribution in [0.2, 0.25) is 0 Å². The van der Waals surface area contributed by atoms with Crippen LogP contribution in [0.15, 0.2) is 30.3 Å². The number of carbonyl (C=O) groups is 1. The van der Waals surface area contributed by atoms with E-state index in [0.717, 1.165) is 52.3 Å². The molecule has 168 valence electrons. The van der Waals surface area contributed by atoms with Gasteiger partial charge in [0.05, 0.1) is 16.7 Å². The lowest BCUT2D eigenvalue weighted by Gasteiger charge is -2.12. The molecule has 0 saturated heterocycles. The molecule has 1 N–H and O–H groups in total.